The van der Waals surface area contributed by atoms with Crippen LogP contribution in [0.4, 0.5) is 0 Å². The maximum Gasteiger partial charge on any atom is 0.0871 e. The predicted octanol–water partition coefficient (Wildman–Crippen LogP) is 4.74. The minimum atomic E-state index is -1.33. The van der Waals surface area contributed by atoms with Gasteiger partial charge in [0, 0.05) is 0 Å². The second-order valence-electron chi connectivity index (χ2n) is 5.45. The third-order valence-electron chi connectivity index (χ3n) is 3.81. The first-order chi connectivity index (χ1) is 8.09. The Morgan fingerprint density at radius 1 is 1.18 bits per heavy atom. The molecule has 0 N–H and O–H groups in total. The van der Waals surface area contributed by atoms with E-state index in [1.54, 1.807) is 5.19 Å². The van der Waals surface area contributed by atoms with Crippen LogP contribution in [-0.2, 0) is 0 Å². The van der Waals surface area contributed by atoms with Crippen molar-refractivity contribution in [2.45, 2.75) is 51.7 Å². The Kier molecular flexibility index (Phi) is 5.70. The van der Waals surface area contributed by atoms with Gasteiger partial charge >= 0.3 is 0 Å². The van der Waals surface area contributed by atoms with Crippen LogP contribution in [0, 0.1) is 0 Å². The summed E-state index contributed by atoms with van der Waals surface area (Å²) in [5.41, 5.74) is 0.710. The Balaban J connectivity index is 2.67. The fourth-order valence-corrected chi connectivity index (χ4v) is 4.19. The normalized spacial score (nSPS) is 14.1. The fraction of sp³-hybridized carbons (Fsp3) is 0.500. The van der Waals surface area contributed by atoms with Gasteiger partial charge in [0.05, 0.1) is 8.07 Å². The average molecular weight is 246 g/mol. The minimum Gasteiger partial charge on any atom is -0.0885 e. The lowest BCUT2D eigenvalue weighted by atomic mass is 10.2. The molecule has 0 bridgehead atoms. The Hall–Kier alpha value is -0.823. The zero-order chi connectivity index (χ0) is 12.7. The highest BCUT2D eigenvalue weighted by Gasteiger charge is 2.28. The van der Waals surface area contributed by atoms with Gasteiger partial charge in [-0.3, -0.25) is 0 Å². The third-order valence-corrected chi connectivity index (χ3v) is 8.10. The van der Waals surface area contributed by atoms with Crippen molar-refractivity contribution in [3.05, 3.63) is 42.5 Å². The van der Waals surface area contributed by atoms with Gasteiger partial charge in [0.15, 0.2) is 0 Å². The predicted molar refractivity (Wildman–Crippen MR) is 81.6 cm³/mol. The summed E-state index contributed by atoms with van der Waals surface area (Å²) in [6.45, 7) is 9.57. The first kappa shape index (κ1) is 14.2. The standard InChI is InChI=1S/C16H26Si/c1-5-6-7-9-12-15(2)17(3,4)16-13-10-8-11-14-16/h8-15H,5-7H2,1-4H3/b12-9+. The van der Waals surface area contributed by atoms with Crippen LogP contribution in [0.2, 0.25) is 18.6 Å². The highest BCUT2D eigenvalue weighted by Crippen LogP contribution is 2.22. The molecule has 0 saturated heterocycles. The Morgan fingerprint density at radius 3 is 2.41 bits per heavy atom. The van der Waals surface area contributed by atoms with Gasteiger partial charge in [-0.2, -0.15) is 0 Å². The van der Waals surface area contributed by atoms with E-state index in [0.29, 0.717) is 5.54 Å². The SMILES string of the molecule is CCCC/C=C/C(C)[Si](C)(C)c1ccccc1. The number of unbranched alkanes of at least 4 members (excludes halogenated alkanes) is 2. The van der Waals surface area contributed by atoms with E-state index in [2.05, 4.69) is 69.4 Å². The first-order valence-electron chi connectivity index (χ1n) is 6.81. The highest BCUT2D eigenvalue weighted by atomic mass is 28.3. The second kappa shape index (κ2) is 6.80. The maximum absolute atomic E-state index is 2.47. The summed E-state index contributed by atoms with van der Waals surface area (Å²) >= 11 is 0. The molecule has 0 aromatic heterocycles. The highest BCUT2D eigenvalue weighted by molar-refractivity contribution is 6.91. The molecule has 0 heterocycles. The van der Waals surface area contributed by atoms with Gasteiger partial charge < -0.3 is 0 Å². The van der Waals surface area contributed by atoms with Crippen molar-refractivity contribution >= 4 is 13.3 Å². The molecule has 0 aliphatic heterocycles. The van der Waals surface area contributed by atoms with Gasteiger partial charge in [-0.1, -0.05) is 87.5 Å². The molecule has 17 heavy (non-hydrogen) atoms. The summed E-state index contributed by atoms with van der Waals surface area (Å²) in [5, 5.41) is 1.56. The van der Waals surface area contributed by atoms with Crippen molar-refractivity contribution in [2.75, 3.05) is 0 Å². The van der Waals surface area contributed by atoms with Crippen LogP contribution < -0.4 is 5.19 Å². The van der Waals surface area contributed by atoms with Crippen molar-refractivity contribution in [1.82, 2.24) is 0 Å². The number of hydrogen-bond acceptors (Lipinski definition) is 0. The largest absolute Gasteiger partial charge is 0.0885 e. The van der Waals surface area contributed by atoms with Gasteiger partial charge in [0.2, 0.25) is 0 Å². The summed E-state index contributed by atoms with van der Waals surface area (Å²) in [7, 11) is -1.33. The molecule has 1 atom stereocenters. The lowest BCUT2D eigenvalue weighted by Crippen LogP contribution is -2.44. The van der Waals surface area contributed by atoms with E-state index in [9.17, 15) is 0 Å². The van der Waals surface area contributed by atoms with Crippen molar-refractivity contribution in [3.63, 3.8) is 0 Å². The number of rotatable bonds is 6. The van der Waals surface area contributed by atoms with Crippen LogP contribution in [0.1, 0.15) is 33.1 Å². The van der Waals surface area contributed by atoms with Crippen molar-refractivity contribution in [3.8, 4) is 0 Å². The molecule has 0 saturated carbocycles. The summed E-state index contributed by atoms with van der Waals surface area (Å²) < 4.78 is 0. The maximum atomic E-state index is 2.47. The third kappa shape index (κ3) is 4.16. The monoisotopic (exact) mass is 246 g/mol. The summed E-state index contributed by atoms with van der Waals surface area (Å²) in [5.74, 6) is 0. The molecule has 0 aliphatic carbocycles. The summed E-state index contributed by atoms with van der Waals surface area (Å²) in [6.07, 6.45) is 8.66. The second-order valence-corrected chi connectivity index (χ2v) is 10.4. The number of hydrogen-bond donors (Lipinski definition) is 0. The molecule has 0 spiro atoms. The average Bonchev–Trinajstić information content (AvgIpc) is 2.35. The molecule has 1 heteroatoms. The molecule has 1 unspecified atom stereocenters. The number of benzene rings is 1. The molecular formula is C16H26Si. The van der Waals surface area contributed by atoms with E-state index in [1.807, 2.05) is 0 Å². The molecule has 1 rings (SSSR count). The first-order valence-corrected chi connectivity index (χ1v) is 9.89. The van der Waals surface area contributed by atoms with E-state index >= 15 is 0 Å². The lowest BCUT2D eigenvalue weighted by Gasteiger charge is -2.28. The topological polar surface area (TPSA) is 0 Å². The van der Waals surface area contributed by atoms with Crippen LogP contribution in [0.3, 0.4) is 0 Å². The number of allylic oxidation sites excluding steroid dienone is 2. The van der Waals surface area contributed by atoms with Crippen LogP contribution in [0.25, 0.3) is 0 Å². The molecule has 0 radical (unpaired) electrons. The smallest absolute Gasteiger partial charge is 0.0871 e. The minimum absolute atomic E-state index is 0.710. The van der Waals surface area contributed by atoms with Crippen molar-refractivity contribution in [2.24, 2.45) is 0 Å². The summed E-state index contributed by atoms with van der Waals surface area (Å²) in [6, 6.07) is 11.0. The molecule has 0 nitrogen and oxygen atoms in total. The molecule has 0 aliphatic rings. The van der Waals surface area contributed by atoms with Gasteiger partial charge in [0.25, 0.3) is 0 Å². The van der Waals surface area contributed by atoms with Crippen molar-refractivity contribution in [1.29, 1.82) is 0 Å². The van der Waals surface area contributed by atoms with Crippen LogP contribution in [0.15, 0.2) is 42.5 Å². The van der Waals surface area contributed by atoms with E-state index in [1.165, 1.54) is 19.3 Å². The zero-order valence-electron chi connectivity index (χ0n) is 11.7. The molecule has 1 aromatic carbocycles. The van der Waals surface area contributed by atoms with Crippen LogP contribution >= 0.6 is 0 Å². The summed E-state index contributed by atoms with van der Waals surface area (Å²) in [4.78, 5) is 0. The van der Waals surface area contributed by atoms with Crippen LogP contribution in [0.5, 0.6) is 0 Å². The lowest BCUT2D eigenvalue weighted by molar-refractivity contribution is 0.812. The Labute approximate surface area is 108 Å². The van der Waals surface area contributed by atoms with Crippen molar-refractivity contribution < 1.29 is 0 Å². The van der Waals surface area contributed by atoms with E-state index in [4.69, 9.17) is 0 Å². The van der Waals surface area contributed by atoms with Gasteiger partial charge in [-0.25, -0.2) is 0 Å². The van der Waals surface area contributed by atoms with E-state index in [0.717, 1.165) is 0 Å². The fourth-order valence-electron chi connectivity index (χ4n) is 1.99. The van der Waals surface area contributed by atoms with Gasteiger partial charge in [0.1, 0.15) is 0 Å². The van der Waals surface area contributed by atoms with E-state index in [-0.39, 0.29) is 0 Å². The van der Waals surface area contributed by atoms with Gasteiger partial charge in [-0.05, 0) is 12.0 Å². The van der Waals surface area contributed by atoms with E-state index < -0.39 is 8.07 Å². The quantitative estimate of drug-likeness (QED) is 0.386. The molecule has 1 aromatic rings. The molecule has 0 fully saturated rings. The van der Waals surface area contributed by atoms with Gasteiger partial charge in [-0.15, -0.1) is 0 Å². The zero-order valence-corrected chi connectivity index (χ0v) is 12.7. The Bertz CT molecular complexity index is 338. The molecular weight excluding hydrogens is 220 g/mol. The van der Waals surface area contributed by atoms with Crippen LogP contribution in [-0.4, -0.2) is 8.07 Å². The molecule has 94 valence electrons. The Morgan fingerprint density at radius 2 is 1.82 bits per heavy atom. The molecule has 0 amide bonds.